The first kappa shape index (κ1) is 27.7. The van der Waals surface area contributed by atoms with Gasteiger partial charge in [-0.15, -0.1) is 0 Å². The Morgan fingerprint density at radius 3 is 2.26 bits per heavy atom. The molecule has 1 heterocycles. The monoisotopic (exact) mass is 539 g/mol. The SMILES string of the molecule is CCOCCCN(CC(=O)N(Cc1ccc(F)cc1)Cc1ccc(C)o1)C(=O)NC12CC3CC(CC(C3)C1)C2. The molecule has 3 amide bonds. The van der Waals surface area contributed by atoms with Crippen LogP contribution in [0.4, 0.5) is 9.18 Å². The molecule has 4 aliphatic carbocycles. The molecule has 39 heavy (non-hydrogen) atoms. The highest BCUT2D eigenvalue weighted by atomic mass is 19.1. The number of hydrogen-bond donors (Lipinski definition) is 1. The van der Waals surface area contributed by atoms with Gasteiger partial charge in [0, 0.05) is 31.8 Å². The van der Waals surface area contributed by atoms with Gasteiger partial charge in [0.1, 0.15) is 23.9 Å². The number of urea groups is 1. The van der Waals surface area contributed by atoms with E-state index in [0.29, 0.717) is 56.2 Å². The Morgan fingerprint density at radius 2 is 1.67 bits per heavy atom. The first-order chi connectivity index (χ1) is 18.8. The second-order valence-corrected chi connectivity index (χ2v) is 12.0. The maximum atomic E-state index is 13.8. The van der Waals surface area contributed by atoms with E-state index in [4.69, 9.17) is 9.15 Å². The summed E-state index contributed by atoms with van der Waals surface area (Å²) in [5, 5.41) is 3.43. The zero-order valence-electron chi connectivity index (χ0n) is 23.3. The number of halogens is 1. The number of nitrogens with zero attached hydrogens (tertiary/aromatic N) is 2. The Kier molecular flexibility index (Phi) is 8.60. The standard InChI is InChI=1S/C31H42FN3O4/c1-3-38-12-4-11-34(30(37)33-31-16-24-13-25(17-31)15-26(14-24)18-31)21-29(36)35(20-28-10-5-22(2)39-28)19-23-6-8-27(32)9-7-23/h5-10,24-26H,3-4,11-21H2,1-2H3,(H,33,37). The first-order valence-corrected chi connectivity index (χ1v) is 14.5. The summed E-state index contributed by atoms with van der Waals surface area (Å²) in [7, 11) is 0. The number of furan rings is 1. The molecule has 6 rings (SSSR count). The lowest BCUT2D eigenvalue weighted by atomic mass is 9.53. The molecule has 0 spiro atoms. The minimum absolute atomic E-state index is 0.0365. The van der Waals surface area contributed by atoms with Crippen LogP contribution in [-0.2, 0) is 22.6 Å². The highest BCUT2D eigenvalue weighted by Gasteiger charge is 2.51. The number of carbonyl (C=O) groups excluding carboxylic acids is 2. The van der Waals surface area contributed by atoms with Gasteiger partial charge in [-0.3, -0.25) is 4.79 Å². The highest BCUT2D eigenvalue weighted by Crippen LogP contribution is 2.55. The quantitative estimate of drug-likeness (QED) is 0.353. The van der Waals surface area contributed by atoms with Gasteiger partial charge in [0.05, 0.1) is 6.54 Å². The smallest absolute Gasteiger partial charge is 0.318 e. The molecular weight excluding hydrogens is 497 g/mol. The van der Waals surface area contributed by atoms with Crippen molar-refractivity contribution >= 4 is 11.9 Å². The van der Waals surface area contributed by atoms with Gasteiger partial charge in [0.2, 0.25) is 5.91 Å². The third-order valence-electron chi connectivity index (χ3n) is 8.73. The number of benzene rings is 1. The summed E-state index contributed by atoms with van der Waals surface area (Å²) >= 11 is 0. The number of ether oxygens (including phenoxy) is 1. The van der Waals surface area contributed by atoms with Gasteiger partial charge in [-0.05, 0) is 106 Å². The molecule has 1 aromatic carbocycles. The molecule has 4 aliphatic rings. The van der Waals surface area contributed by atoms with Crippen LogP contribution in [0.3, 0.4) is 0 Å². The van der Waals surface area contributed by atoms with E-state index in [1.54, 1.807) is 21.9 Å². The topological polar surface area (TPSA) is 75.0 Å². The van der Waals surface area contributed by atoms with E-state index in [2.05, 4.69) is 5.32 Å². The van der Waals surface area contributed by atoms with Crippen LogP contribution in [0.5, 0.6) is 0 Å². The summed E-state index contributed by atoms with van der Waals surface area (Å²) < 4.78 is 24.8. The molecule has 0 radical (unpaired) electrons. The van der Waals surface area contributed by atoms with Crippen molar-refractivity contribution in [3.63, 3.8) is 0 Å². The van der Waals surface area contributed by atoms with Gasteiger partial charge in [0.15, 0.2) is 0 Å². The zero-order chi connectivity index (χ0) is 27.4. The Bertz CT molecular complexity index is 1100. The summed E-state index contributed by atoms with van der Waals surface area (Å²) in [4.78, 5) is 30.8. The zero-order valence-corrected chi connectivity index (χ0v) is 23.3. The molecule has 1 aromatic heterocycles. The van der Waals surface area contributed by atoms with Crippen molar-refractivity contribution in [2.45, 2.75) is 77.4 Å². The van der Waals surface area contributed by atoms with E-state index in [1.807, 2.05) is 26.0 Å². The van der Waals surface area contributed by atoms with Crippen LogP contribution < -0.4 is 5.32 Å². The summed E-state index contributed by atoms with van der Waals surface area (Å²) in [5.41, 5.74) is 0.681. The largest absolute Gasteiger partial charge is 0.464 e. The molecule has 0 unspecified atom stereocenters. The third-order valence-corrected chi connectivity index (χ3v) is 8.73. The average molecular weight is 540 g/mol. The molecule has 1 N–H and O–H groups in total. The van der Waals surface area contributed by atoms with E-state index in [9.17, 15) is 14.0 Å². The molecule has 0 saturated heterocycles. The fraction of sp³-hybridized carbons (Fsp3) is 0.613. The van der Waals surface area contributed by atoms with Crippen molar-refractivity contribution in [1.29, 1.82) is 0 Å². The molecule has 0 atom stereocenters. The van der Waals surface area contributed by atoms with Crippen LogP contribution >= 0.6 is 0 Å². The van der Waals surface area contributed by atoms with Gasteiger partial charge >= 0.3 is 6.03 Å². The summed E-state index contributed by atoms with van der Waals surface area (Å²) in [6, 6.07) is 9.74. The number of amides is 3. The highest BCUT2D eigenvalue weighted by molar-refractivity contribution is 5.84. The summed E-state index contributed by atoms with van der Waals surface area (Å²) in [6.07, 6.45) is 7.73. The summed E-state index contributed by atoms with van der Waals surface area (Å²) in [5.74, 6) is 3.09. The van der Waals surface area contributed by atoms with Crippen LogP contribution in [0.15, 0.2) is 40.8 Å². The number of aryl methyl sites for hydroxylation is 1. The predicted molar refractivity (Wildman–Crippen MR) is 146 cm³/mol. The lowest BCUT2D eigenvalue weighted by Crippen LogP contribution is -2.62. The van der Waals surface area contributed by atoms with E-state index >= 15 is 0 Å². The lowest BCUT2D eigenvalue weighted by molar-refractivity contribution is -0.133. The Balaban J connectivity index is 1.30. The third kappa shape index (κ3) is 7.02. The van der Waals surface area contributed by atoms with Crippen molar-refractivity contribution in [3.8, 4) is 0 Å². The van der Waals surface area contributed by atoms with Crippen molar-refractivity contribution in [2.75, 3.05) is 26.3 Å². The molecule has 4 fully saturated rings. The molecule has 8 heteroatoms. The molecule has 0 aliphatic heterocycles. The minimum atomic E-state index is -0.319. The van der Waals surface area contributed by atoms with Gasteiger partial charge in [-0.1, -0.05) is 12.1 Å². The summed E-state index contributed by atoms with van der Waals surface area (Å²) in [6.45, 7) is 5.94. The van der Waals surface area contributed by atoms with Crippen molar-refractivity contribution in [1.82, 2.24) is 15.1 Å². The van der Waals surface area contributed by atoms with Crippen LogP contribution in [0, 0.1) is 30.5 Å². The molecule has 4 saturated carbocycles. The molecule has 2 aromatic rings. The molecule has 212 valence electrons. The Labute approximate surface area is 231 Å². The normalized spacial score (nSPS) is 25.1. The Morgan fingerprint density at radius 1 is 1.00 bits per heavy atom. The fourth-order valence-corrected chi connectivity index (χ4v) is 7.39. The van der Waals surface area contributed by atoms with E-state index in [1.165, 1.54) is 31.4 Å². The van der Waals surface area contributed by atoms with Crippen LogP contribution in [0.25, 0.3) is 0 Å². The fourth-order valence-electron chi connectivity index (χ4n) is 7.39. The van der Waals surface area contributed by atoms with Gasteiger partial charge in [-0.25, -0.2) is 9.18 Å². The van der Waals surface area contributed by atoms with Crippen LogP contribution in [-0.4, -0.2) is 53.6 Å². The van der Waals surface area contributed by atoms with Gasteiger partial charge in [-0.2, -0.15) is 0 Å². The number of carbonyl (C=O) groups is 2. The number of rotatable bonds is 12. The van der Waals surface area contributed by atoms with Gasteiger partial charge in [0.25, 0.3) is 0 Å². The van der Waals surface area contributed by atoms with Crippen LogP contribution in [0.2, 0.25) is 0 Å². The average Bonchev–Trinajstić information content (AvgIpc) is 3.30. The maximum Gasteiger partial charge on any atom is 0.318 e. The minimum Gasteiger partial charge on any atom is -0.464 e. The van der Waals surface area contributed by atoms with Gasteiger partial charge < -0.3 is 24.3 Å². The molecule has 4 bridgehead atoms. The molecule has 7 nitrogen and oxygen atoms in total. The maximum absolute atomic E-state index is 13.8. The second-order valence-electron chi connectivity index (χ2n) is 12.0. The number of nitrogens with one attached hydrogen (secondary N) is 1. The van der Waals surface area contributed by atoms with Crippen molar-refractivity contribution in [3.05, 3.63) is 59.3 Å². The first-order valence-electron chi connectivity index (χ1n) is 14.5. The van der Waals surface area contributed by atoms with E-state index in [-0.39, 0.29) is 36.4 Å². The number of hydrogen-bond acceptors (Lipinski definition) is 4. The predicted octanol–water partition coefficient (Wildman–Crippen LogP) is 5.66. The van der Waals surface area contributed by atoms with E-state index < -0.39 is 0 Å². The van der Waals surface area contributed by atoms with Crippen molar-refractivity contribution in [2.24, 2.45) is 17.8 Å². The van der Waals surface area contributed by atoms with E-state index in [0.717, 1.165) is 30.6 Å². The Hall–Kier alpha value is -2.87. The molecular formula is C31H42FN3O4. The van der Waals surface area contributed by atoms with Crippen LogP contribution in [0.1, 0.15) is 69.0 Å². The second kappa shape index (κ2) is 12.1. The van der Waals surface area contributed by atoms with Crippen molar-refractivity contribution < 1.29 is 23.1 Å². The lowest BCUT2D eigenvalue weighted by Gasteiger charge is -2.57.